The van der Waals surface area contributed by atoms with Crippen molar-refractivity contribution < 1.29 is 9.18 Å². The lowest BCUT2D eigenvalue weighted by Crippen LogP contribution is -2.39. The molecule has 0 radical (unpaired) electrons. The number of carbonyl (C=O) groups is 1. The summed E-state index contributed by atoms with van der Waals surface area (Å²) in [5, 5.41) is 3.45. The van der Waals surface area contributed by atoms with Crippen LogP contribution < -0.4 is 11.1 Å². The zero-order valence-electron chi connectivity index (χ0n) is 11.0. The normalized spacial score (nSPS) is 22.4. The molecule has 1 saturated carbocycles. The summed E-state index contributed by atoms with van der Waals surface area (Å²) in [4.78, 5) is 12.2. The number of para-hydroxylation sites is 1. The molecule has 3 nitrogen and oxygen atoms in total. The van der Waals surface area contributed by atoms with Crippen molar-refractivity contribution in [3.63, 3.8) is 0 Å². The Balaban J connectivity index is 2.06. The van der Waals surface area contributed by atoms with E-state index in [4.69, 9.17) is 5.73 Å². The van der Waals surface area contributed by atoms with Crippen molar-refractivity contribution >= 4 is 23.4 Å². The lowest BCUT2D eigenvalue weighted by atomic mass is 10.1. The van der Waals surface area contributed by atoms with Gasteiger partial charge in [-0.05, 0) is 30.7 Å². The van der Waals surface area contributed by atoms with Crippen LogP contribution in [0, 0.1) is 5.82 Å². The lowest BCUT2D eigenvalue weighted by Gasteiger charge is -2.20. The van der Waals surface area contributed by atoms with Crippen LogP contribution in [0.25, 0.3) is 0 Å². The number of benzene rings is 1. The van der Waals surface area contributed by atoms with E-state index >= 15 is 0 Å². The van der Waals surface area contributed by atoms with Gasteiger partial charge in [-0.1, -0.05) is 19.4 Å². The number of nitrogens with one attached hydrogen (secondary N) is 1. The summed E-state index contributed by atoms with van der Waals surface area (Å²) in [7, 11) is 0. The fraction of sp³-hybridized carbons (Fsp3) is 0.500. The van der Waals surface area contributed by atoms with Crippen molar-refractivity contribution in [2.45, 2.75) is 37.5 Å². The van der Waals surface area contributed by atoms with E-state index in [-0.39, 0.29) is 23.2 Å². The van der Waals surface area contributed by atoms with Gasteiger partial charge >= 0.3 is 0 Å². The molecule has 1 aromatic rings. The van der Waals surface area contributed by atoms with Gasteiger partial charge in [0, 0.05) is 11.3 Å². The Hall–Kier alpha value is -1.23. The first-order chi connectivity index (χ1) is 9.13. The SMILES string of the molecule is CCSC1CCCC1NC(=O)c1cccc(F)c1N. The summed E-state index contributed by atoms with van der Waals surface area (Å²) in [6.07, 6.45) is 3.24. The summed E-state index contributed by atoms with van der Waals surface area (Å²) in [6, 6.07) is 4.50. The molecule has 0 heterocycles. The quantitative estimate of drug-likeness (QED) is 0.835. The van der Waals surface area contributed by atoms with Gasteiger partial charge in [-0.25, -0.2) is 4.39 Å². The third-order valence-corrected chi connectivity index (χ3v) is 4.77. The summed E-state index contributed by atoms with van der Waals surface area (Å²) in [6.45, 7) is 2.12. The molecular formula is C14H19FN2OS. The van der Waals surface area contributed by atoms with Gasteiger partial charge in [-0.2, -0.15) is 11.8 Å². The number of halogens is 1. The number of rotatable bonds is 4. The fourth-order valence-electron chi connectivity index (χ4n) is 2.49. The predicted molar refractivity (Wildman–Crippen MR) is 77.8 cm³/mol. The van der Waals surface area contributed by atoms with E-state index < -0.39 is 5.82 Å². The molecule has 0 aromatic heterocycles. The minimum atomic E-state index is -0.543. The lowest BCUT2D eigenvalue weighted by molar-refractivity contribution is 0.0939. The molecule has 1 fully saturated rings. The minimum absolute atomic E-state index is 0.0716. The van der Waals surface area contributed by atoms with Crippen LogP contribution in [0.1, 0.15) is 36.5 Å². The molecule has 1 aliphatic carbocycles. The van der Waals surface area contributed by atoms with Crippen molar-refractivity contribution in [2.24, 2.45) is 0 Å². The highest BCUT2D eigenvalue weighted by atomic mass is 32.2. The molecule has 2 unspecified atom stereocenters. The van der Waals surface area contributed by atoms with Crippen LogP contribution >= 0.6 is 11.8 Å². The van der Waals surface area contributed by atoms with E-state index in [1.165, 1.54) is 12.1 Å². The number of hydrogen-bond donors (Lipinski definition) is 2. The maximum absolute atomic E-state index is 13.3. The van der Waals surface area contributed by atoms with Crippen LogP contribution in [-0.4, -0.2) is 23.0 Å². The highest BCUT2D eigenvalue weighted by Gasteiger charge is 2.29. The van der Waals surface area contributed by atoms with Crippen LogP contribution in [0.4, 0.5) is 10.1 Å². The van der Waals surface area contributed by atoms with E-state index in [2.05, 4.69) is 12.2 Å². The second-order valence-corrected chi connectivity index (χ2v) is 6.22. The Morgan fingerprint density at radius 3 is 3.05 bits per heavy atom. The molecule has 0 bridgehead atoms. The largest absolute Gasteiger partial charge is 0.396 e. The van der Waals surface area contributed by atoms with Crippen LogP contribution in [0.15, 0.2) is 18.2 Å². The maximum Gasteiger partial charge on any atom is 0.253 e. The first kappa shape index (κ1) is 14.2. The van der Waals surface area contributed by atoms with Crippen molar-refractivity contribution in [3.8, 4) is 0 Å². The van der Waals surface area contributed by atoms with Crippen molar-refractivity contribution in [1.29, 1.82) is 0 Å². The van der Waals surface area contributed by atoms with Crippen molar-refractivity contribution in [3.05, 3.63) is 29.6 Å². The van der Waals surface area contributed by atoms with Gasteiger partial charge in [0.1, 0.15) is 5.82 Å². The number of nitrogens with two attached hydrogens (primary N) is 1. The molecule has 19 heavy (non-hydrogen) atoms. The molecule has 104 valence electrons. The van der Waals surface area contributed by atoms with Crippen LogP contribution in [0.2, 0.25) is 0 Å². The smallest absolute Gasteiger partial charge is 0.253 e. The molecule has 1 aromatic carbocycles. The summed E-state index contributed by atoms with van der Waals surface area (Å²) in [5.74, 6) is 0.225. The van der Waals surface area contributed by atoms with E-state index in [1.807, 2.05) is 11.8 Å². The molecule has 2 atom stereocenters. The number of carbonyl (C=O) groups excluding carboxylic acids is 1. The fourth-order valence-corrected chi connectivity index (χ4v) is 3.68. The number of anilines is 1. The Labute approximate surface area is 117 Å². The summed E-state index contributed by atoms with van der Waals surface area (Å²) >= 11 is 1.87. The number of amides is 1. The molecule has 1 aliphatic rings. The van der Waals surface area contributed by atoms with Gasteiger partial charge in [0.25, 0.3) is 5.91 Å². The van der Waals surface area contributed by atoms with Crippen LogP contribution in [0.5, 0.6) is 0 Å². The molecular weight excluding hydrogens is 263 g/mol. The number of nitrogen functional groups attached to an aromatic ring is 1. The monoisotopic (exact) mass is 282 g/mol. The Morgan fingerprint density at radius 1 is 1.53 bits per heavy atom. The maximum atomic E-state index is 13.3. The van der Waals surface area contributed by atoms with Gasteiger partial charge in [0.15, 0.2) is 0 Å². The first-order valence-electron chi connectivity index (χ1n) is 6.60. The third kappa shape index (κ3) is 3.21. The Kier molecular flexibility index (Phi) is 4.69. The predicted octanol–water partition coefficient (Wildman–Crippen LogP) is 2.81. The van der Waals surface area contributed by atoms with Gasteiger partial charge in [0.2, 0.25) is 0 Å². The number of thioether (sulfide) groups is 1. The highest BCUT2D eigenvalue weighted by molar-refractivity contribution is 7.99. The molecule has 3 N–H and O–H groups in total. The van der Waals surface area contributed by atoms with E-state index in [9.17, 15) is 9.18 Å². The summed E-state index contributed by atoms with van der Waals surface area (Å²) < 4.78 is 13.3. The zero-order valence-corrected chi connectivity index (χ0v) is 11.8. The molecule has 0 spiro atoms. The first-order valence-corrected chi connectivity index (χ1v) is 7.64. The van der Waals surface area contributed by atoms with Gasteiger partial charge in [0.05, 0.1) is 11.3 Å². The van der Waals surface area contributed by atoms with Gasteiger partial charge in [-0.3, -0.25) is 4.79 Å². The van der Waals surface area contributed by atoms with Crippen LogP contribution in [-0.2, 0) is 0 Å². The van der Waals surface area contributed by atoms with Crippen LogP contribution in [0.3, 0.4) is 0 Å². The molecule has 2 rings (SSSR count). The van der Waals surface area contributed by atoms with E-state index in [1.54, 1.807) is 6.07 Å². The topological polar surface area (TPSA) is 55.1 Å². The van der Waals surface area contributed by atoms with Crippen molar-refractivity contribution in [2.75, 3.05) is 11.5 Å². The molecule has 1 amide bonds. The zero-order chi connectivity index (χ0) is 13.8. The van der Waals surface area contributed by atoms with Gasteiger partial charge in [-0.15, -0.1) is 0 Å². The van der Waals surface area contributed by atoms with Crippen molar-refractivity contribution in [1.82, 2.24) is 5.32 Å². The third-order valence-electron chi connectivity index (χ3n) is 3.45. The molecule has 5 heteroatoms. The van der Waals surface area contributed by atoms with E-state index in [0.717, 1.165) is 25.0 Å². The molecule has 0 saturated heterocycles. The molecule has 0 aliphatic heterocycles. The highest BCUT2D eigenvalue weighted by Crippen LogP contribution is 2.30. The van der Waals surface area contributed by atoms with Gasteiger partial charge < -0.3 is 11.1 Å². The van der Waals surface area contributed by atoms with E-state index in [0.29, 0.717) is 5.25 Å². The minimum Gasteiger partial charge on any atom is -0.396 e. The second kappa shape index (κ2) is 6.28. The Bertz CT molecular complexity index is 467. The standard InChI is InChI=1S/C14H19FN2OS/c1-2-19-12-8-4-7-11(12)17-14(18)9-5-3-6-10(15)13(9)16/h3,5-6,11-12H,2,4,7-8,16H2,1H3,(H,17,18). The number of hydrogen-bond acceptors (Lipinski definition) is 3. The Morgan fingerprint density at radius 2 is 2.32 bits per heavy atom. The average Bonchev–Trinajstić information content (AvgIpc) is 2.80. The second-order valence-electron chi connectivity index (χ2n) is 4.71. The summed E-state index contributed by atoms with van der Waals surface area (Å²) in [5.41, 5.74) is 5.77. The average molecular weight is 282 g/mol.